The molecule has 3 aliphatic rings. The summed E-state index contributed by atoms with van der Waals surface area (Å²) in [6.07, 6.45) is 6.41. The van der Waals surface area contributed by atoms with E-state index >= 15 is 0 Å². The molecule has 1 aromatic carbocycles. The van der Waals surface area contributed by atoms with Crippen molar-refractivity contribution in [2.75, 3.05) is 31.6 Å². The van der Waals surface area contributed by atoms with Gasteiger partial charge >= 0.3 is 6.03 Å². The van der Waals surface area contributed by atoms with Gasteiger partial charge in [0.2, 0.25) is 5.91 Å². The number of nitrogens with zero attached hydrogens (tertiary/aromatic N) is 2. The fourth-order valence-electron chi connectivity index (χ4n) is 4.69. The summed E-state index contributed by atoms with van der Waals surface area (Å²) in [6.45, 7) is 2.54. The first-order valence-electron chi connectivity index (χ1n) is 10.3. The average molecular weight is 371 g/mol. The zero-order valence-corrected chi connectivity index (χ0v) is 15.8. The molecule has 2 aliphatic heterocycles. The van der Waals surface area contributed by atoms with Gasteiger partial charge in [-0.2, -0.15) is 0 Å². The summed E-state index contributed by atoms with van der Waals surface area (Å²) >= 11 is 0. The monoisotopic (exact) mass is 371 g/mol. The number of carbonyl (C=O) groups is 2. The van der Waals surface area contributed by atoms with Gasteiger partial charge in [-0.15, -0.1) is 0 Å². The number of ether oxygens (including phenoxy) is 1. The number of para-hydroxylation sites is 1. The summed E-state index contributed by atoms with van der Waals surface area (Å²) in [4.78, 5) is 29.7. The van der Waals surface area contributed by atoms with Gasteiger partial charge in [0.05, 0.1) is 24.7 Å². The Morgan fingerprint density at radius 2 is 1.81 bits per heavy atom. The average Bonchev–Trinajstić information content (AvgIpc) is 2.73. The van der Waals surface area contributed by atoms with Crippen LogP contribution in [-0.4, -0.2) is 60.1 Å². The van der Waals surface area contributed by atoms with Crippen molar-refractivity contribution in [1.82, 2.24) is 9.80 Å². The number of amides is 3. The van der Waals surface area contributed by atoms with Crippen LogP contribution in [0.5, 0.6) is 0 Å². The highest BCUT2D eigenvalue weighted by molar-refractivity contribution is 5.90. The Morgan fingerprint density at radius 1 is 1.00 bits per heavy atom. The molecule has 6 nitrogen and oxygen atoms in total. The predicted octanol–water partition coefficient (Wildman–Crippen LogP) is 3.10. The van der Waals surface area contributed by atoms with E-state index in [1.54, 1.807) is 4.90 Å². The van der Waals surface area contributed by atoms with Crippen LogP contribution in [-0.2, 0) is 9.53 Å². The molecule has 1 aromatic rings. The maximum Gasteiger partial charge on any atom is 0.321 e. The number of fused-ring (bicyclic) bond motifs is 1. The van der Waals surface area contributed by atoms with Crippen LogP contribution < -0.4 is 5.32 Å². The van der Waals surface area contributed by atoms with E-state index in [0.29, 0.717) is 26.2 Å². The van der Waals surface area contributed by atoms with Gasteiger partial charge < -0.3 is 19.9 Å². The Bertz CT molecular complexity index is 664. The second kappa shape index (κ2) is 8.30. The van der Waals surface area contributed by atoms with Gasteiger partial charge in [-0.3, -0.25) is 4.79 Å². The molecule has 1 N–H and O–H groups in total. The Labute approximate surface area is 160 Å². The summed E-state index contributed by atoms with van der Waals surface area (Å²) in [6, 6.07) is 9.59. The number of nitrogens with one attached hydrogen (secondary N) is 1. The zero-order valence-electron chi connectivity index (χ0n) is 15.8. The number of rotatable bonds is 2. The van der Waals surface area contributed by atoms with Crippen molar-refractivity contribution in [3.63, 3.8) is 0 Å². The molecule has 3 fully saturated rings. The van der Waals surface area contributed by atoms with E-state index in [-0.39, 0.29) is 30.0 Å². The molecule has 4 rings (SSSR count). The normalized spacial score (nSPS) is 28.4. The lowest BCUT2D eigenvalue weighted by atomic mass is 9.88. The minimum Gasteiger partial charge on any atom is -0.374 e. The quantitative estimate of drug-likeness (QED) is 0.869. The lowest BCUT2D eigenvalue weighted by Gasteiger charge is -2.45. The predicted molar refractivity (Wildman–Crippen MR) is 103 cm³/mol. The van der Waals surface area contributed by atoms with Gasteiger partial charge in [0, 0.05) is 25.3 Å². The number of urea groups is 1. The number of anilines is 1. The molecular formula is C21H29N3O3. The zero-order chi connectivity index (χ0) is 18.6. The molecule has 2 heterocycles. The summed E-state index contributed by atoms with van der Waals surface area (Å²) < 4.78 is 5.91. The fourth-order valence-corrected chi connectivity index (χ4v) is 4.69. The molecule has 0 bridgehead atoms. The van der Waals surface area contributed by atoms with Crippen molar-refractivity contribution in [1.29, 1.82) is 0 Å². The molecule has 0 spiro atoms. The Morgan fingerprint density at radius 3 is 2.67 bits per heavy atom. The number of likely N-dealkylation sites (tertiary alicyclic amines) is 1. The van der Waals surface area contributed by atoms with Crippen LogP contribution >= 0.6 is 0 Å². The second-order valence-electron chi connectivity index (χ2n) is 7.87. The van der Waals surface area contributed by atoms with Crippen LogP contribution in [0.15, 0.2) is 30.3 Å². The molecule has 1 aliphatic carbocycles. The first-order valence-corrected chi connectivity index (χ1v) is 10.3. The highest BCUT2D eigenvalue weighted by Gasteiger charge is 2.40. The number of benzene rings is 1. The third-order valence-corrected chi connectivity index (χ3v) is 6.10. The molecule has 0 aromatic heterocycles. The van der Waals surface area contributed by atoms with Crippen LogP contribution in [0.1, 0.15) is 38.5 Å². The van der Waals surface area contributed by atoms with Crippen molar-refractivity contribution in [3.8, 4) is 0 Å². The number of carbonyl (C=O) groups excluding carboxylic acids is 2. The Hall–Kier alpha value is -2.08. The van der Waals surface area contributed by atoms with Crippen LogP contribution in [0.4, 0.5) is 10.5 Å². The summed E-state index contributed by atoms with van der Waals surface area (Å²) in [5.41, 5.74) is 0.786. The third kappa shape index (κ3) is 4.10. The molecule has 3 atom stereocenters. The number of piperidine rings is 1. The van der Waals surface area contributed by atoms with Gasteiger partial charge in [0.1, 0.15) is 0 Å². The smallest absolute Gasteiger partial charge is 0.321 e. The van der Waals surface area contributed by atoms with E-state index < -0.39 is 0 Å². The third-order valence-electron chi connectivity index (χ3n) is 6.10. The topological polar surface area (TPSA) is 61.9 Å². The molecule has 146 valence electrons. The first kappa shape index (κ1) is 18.3. The van der Waals surface area contributed by atoms with Gasteiger partial charge in [0.25, 0.3) is 0 Å². The van der Waals surface area contributed by atoms with Crippen molar-refractivity contribution in [3.05, 3.63) is 30.3 Å². The molecule has 27 heavy (non-hydrogen) atoms. The molecule has 6 heteroatoms. The highest BCUT2D eigenvalue weighted by Crippen LogP contribution is 2.31. The molecule has 3 amide bonds. The molecular weight excluding hydrogens is 342 g/mol. The molecule has 0 radical (unpaired) electrons. The number of hydrogen-bond acceptors (Lipinski definition) is 3. The minimum atomic E-state index is -0.115. The van der Waals surface area contributed by atoms with Crippen LogP contribution in [0.3, 0.4) is 0 Å². The van der Waals surface area contributed by atoms with E-state index in [0.717, 1.165) is 31.4 Å². The highest BCUT2D eigenvalue weighted by atomic mass is 16.5. The SMILES string of the molecule is O=C(Nc1ccccc1)N1CCCC(C(=O)N2CCOC3CCCCC32)C1. The summed E-state index contributed by atoms with van der Waals surface area (Å²) in [5, 5.41) is 2.94. The van der Waals surface area contributed by atoms with E-state index in [2.05, 4.69) is 10.2 Å². The van der Waals surface area contributed by atoms with Crippen molar-refractivity contribution in [2.45, 2.75) is 50.7 Å². The van der Waals surface area contributed by atoms with Crippen LogP contribution in [0, 0.1) is 5.92 Å². The second-order valence-corrected chi connectivity index (χ2v) is 7.87. The lowest BCUT2D eigenvalue weighted by Crippen LogP contribution is -2.58. The van der Waals surface area contributed by atoms with E-state index in [9.17, 15) is 9.59 Å². The molecule has 3 unspecified atom stereocenters. The van der Waals surface area contributed by atoms with E-state index in [1.165, 1.54) is 12.8 Å². The maximum absolute atomic E-state index is 13.2. The Kier molecular flexibility index (Phi) is 5.62. The lowest BCUT2D eigenvalue weighted by molar-refractivity contribution is -0.155. The largest absolute Gasteiger partial charge is 0.374 e. The van der Waals surface area contributed by atoms with Gasteiger partial charge in [-0.25, -0.2) is 4.79 Å². The standard InChI is InChI=1S/C21H29N3O3/c25-20(24-13-14-27-19-11-5-4-10-18(19)24)16-7-6-12-23(15-16)21(26)22-17-8-2-1-3-9-17/h1-3,8-9,16,18-19H,4-7,10-15H2,(H,22,26). The van der Waals surface area contributed by atoms with E-state index in [4.69, 9.17) is 4.74 Å². The fraction of sp³-hybridized carbons (Fsp3) is 0.619. The van der Waals surface area contributed by atoms with Gasteiger partial charge in [0.15, 0.2) is 0 Å². The Balaban J connectivity index is 1.38. The summed E-state index contributed by atoms with van der Waals surface area (Å²) in [5.74, 6) is 0.119. The van der Waals surface area contributed by atoms with E-state index in [1.807, 2.05) is 30.3 Å². The molecule has 1 saturated carbocycles. The maximum atomic E-state index is 13.2. The van der Waals surface area contributed by atoms with Gasteiger partial charge in [-0.1, -0.05) is 31.0 Å². The van der Waals surface area contributed by atoms with Gasteiger partial charge in [-0.05, 0) is 37.8 Å². The molecule has 2 saturated heterocycles. The minimum absolute atomic E-state index is 0.0963. The van der Waals surface area contributed by atoms with Crippen LogP contribution in [0.2, 0.25) is 0 Å². The first-order chi connectivity index (χ1) is 13.2. The number of morpholine rings is 1. The number of hydrogen-bond donors (Lipinski definition) is 1. The van der Waals surface area contributed by atoms with Crippen molar-refractivity contribution in [2.24, 2.45) is 5.92 Å². The van der Waals surface area contributed by atoms with Crippen molar-refractivity contribution < 1.29 is 14.3 Å². The van der Waals surface area contributed by atoms with Crippen molar-refractivity contribution >= 4 is 17.6 Å². The summed E-state index contributed by atoms with van der Waals surface area (Å²) in [7, 11) is 0. The van der Waals surface area contributed by atoms with Crippen LogP contribution in [0.25, 0.3) is 0 Å².